The molecule has 3 heteroatoms. The Morgan fingerprint density at radius 3 is 2.11 bits per heavy atom. The van der Waals surface area contributed by atoms with Crippen molar-refractivity contribution in [2.24, 2.45) is 0 Å². The molecule has 1 aromatic heterocycles. The summed E-state index contributed by atoms with van der Waals surface area (Å²) < 4.78 is 19.5. The first-order valence-corrected chi connectivity index (χ1v) is 9.20. The highest BCUT2D eigenvalue weighted by atomic mass is 19.1. The summed E-state index contributed by atoms with van der Waals surface area (Å²) in [5.41, 5.74) is 5.77. The molecule has 0 aliphatic heterocycles. The zero-order valence-corrected chi connectivity index (χ0v) is 15.6. The number of benzene rings is 3. The van der Waals surface area contributed by atoms with E-state index >= 15 is 0 Å². The number of halogens is 1. The molecule has 138 valence electrons. The number of hydrogen-bond acceptors (Lipinski definition) is 2. The lowest BCUT2D eigenvalue weighted by molar-refractivity contribution is 0.292. The lowest BCUT2D eigenvalue weighted by Gasteiger charge is -2.15. The van der Waals surface area contributed by atoms with Crippen LogP contribution in [0.15, 0.2) is 91.0 Å². The van der Waals surface area contributed by atoms with Crippen LogP contribution in [0.2, 0.25) is 0 Å². The van der Waals surface area contributed by atoms with Gasteiger partial charge in [0.2, 0.25) is 5.88 Å². The van der Waals surface area contributed by atoms with Crippen LogP contribution < -0.4 is 4.74 Å². The Kier molecular flexibility index (Phi) is 5.16. The molecule has 0 aliphatic carbocycles. The molecule has 4 rings (SSSR count). The molecular formula is C25H20FNO. The standard InChI is InChI=1S/C25H20FNO/c1-18-23(20-12-14-22(26)15-13-20)16-24(21-10-6-3-7-11-21)27-25(18)28-17-19-8-4-2-5-9-19/h2-16H,17H2,1H3. The average Bonchev–Trinajstić information content (AvgIpc) is 2.75. The summed E-state index contributed by atoms with van der Waals surface area (Å²) in [6.45, 7) is 2.43. The maximum absolute atomic E-state index is 13.4. The Bertz CT molecular complexity index is 1060. The fourth-order valence-electron chi connectivity index (χ4n) is 3.14. The van der Waals surface area contributed by atoms with E-state index in [1.165, 1.54) is 12.1 Å². The SMILES string of the molecule is Cc1c(-c2ccc(F)cc2)cc(-c2ccccc2)nc1OCc1ccccc1. The molecule has 3 aromatic carbocycles. The Labute approximate surface area is 164 Å². The Balaban J connectivity index is 1.77. The molecule has 0 aliphatic rings. The molecular weight excluding hydrogens is 349 g/mol. The van der Waals surface area contributed by atoms with Crippen molar-refractivity contribution < 1.29 is 9.13 Å². The first-order valence-electron chi connectivity index (χ1n) is 9.20. The van der Waals surface area contributed by atoms with Crippen LogP contribution in [0.4, 0.5) is 4.39 Å². The minimum absolute atomic E-state index is 0.251. The van der Waals surface area contributed by atoms with E-state index in [4.69, 9.17) is 9.72 Å². The molecule has 1 heterocycles. The van der Waals surface area contributed by atoms with Gasteiger partial charge in [0, 0.05) is 11.1 Å². The van der Waals surface area contributed by atoms with Crippen molar-refractivity contribution >= 4 is 0 Å². The number of nitrogens with zero attached hydrogens (tertiary/aromatic N) is 1. The quantitative estimate of drug-likeness (QED) is 0.404. The van der Waals surface area contributed by atoms with Crippen LogP contribution in [0.1, 0.15) is 11.1 Å². The zero-order chi connectivity index (χ0) is 19.3. The lowest BCUT2D eigenvalue weighted by Crippen LogP contribution is -2.02. The van der Waals surface area contributed by atoms with Crippen LogP contribution in [0.3, 0.4) is 0 Å². The van der Waals surface area contributed by atoms with Gasteiger partial charge in [0.15, 0.2) is 0 Å². The molecule has 0 radical (unpaired) electrons. The molecule has 0 saturated carbocycles. The average molecular weight is 369 g/mol. The molecule has 2 nitrogen and oxygen atoms in total. The number of pyridine rings is 1. The first-order chi connectivity index (χ1) is 13.7. The van der Waals surface area contributed by atoms with E-state index in [1.54, 1.807) is 12.1 Å². The van der Waals surface area contributed by atoms with E-state index in [1.807, 2.05) is 73.7 Å². The van der Waals surface area contributed by atoms with Crippen molar-refractivity contribution in [3.8, 4) is 28.3 Å². The normalized spacial score (nSPS) is 10.6. The molecule has 0 N–H and O–H groups in total. The van der Waals surface area contributed by atoms with Gasteiger partial charge in [-0.1, -0.05) is 72.8 Å². The second kappa shape index (κ2) is 8.05. The fourth-order valence-corrected chi connectivity index (χ4v) is 3.14. The van der Waals surface area contributed by atoms with Gasteiger partial charge in [0.05, 0.1) is 5.69 Å². The van der Waals surface area contributed by atoms with Crippen molar-refractivity contribution in [3.63, 3.8) is 0 Å². The highest BCUT2D eigenvalue weighted by molar-refractivity contribution is 5.75. The number of ether oxygens (including phenoxy) is 1. The van der Waals surface area contributed by atoms with Crippen molar-refractivity contribution in [1.82, 2.24) is 4.98 Å². The van der Waals surface area contributed by atoms with Gasteiger partial charge in [-0.3, -0.25) is 0 Å². The number of rotatable bonds is 5. The summed E-state index contributed by atoms with van der Waals surface area (Å²) in [7, 11) is 0. The van der Waals surface area contributed by atoms with Crippen LogP contribution in [-0.4, -0.2) is 4.98 Å². The van der Waals surface area contributed by atoms with Gasteiger partial charge in [-0.25, -0.2) is 9.37 Å². The summed E-state index contributed by atoms with van der Waals surface area (Å²) in [6, 6.07) is 28.6. The van der Waals surface area contributed by atoms with Crippen LogP contribution in [0.5, 0.6) is 5.88 Å². The number of aromatic nitrogens is 1. The molecule has 0 amide bonds. The van der Waals surface area contributed by atoms with Crippen molar-refractivity contribution in [1.29, 1.82) is 0 Å². The van der Waals surface area contributed by atoms with E-state index < -0.39 is 0 Å². The van der Waals surface area contributed by atoms with Gasteiger partial charge in [-0.15, -0.1) is 0 Å². The van der Waals surface area contributed by atoms with Crippen molar-refractivity contribution in [3.05, 3.63) is 108 Å². The molecule has 0 saturated heterocycles. The van der Waals surface area contributed by atoms with Gasteiger partial charge >= 0.3 is 0 Å². The topological polar surface area (TPSA) is 22.1 Å². The van der Waals surface area contributed by atoms with Gasteiger partial charge in [-0.2, -0.15) is 0 Å². The minimum atomic E-state index is -0.251. The predicted molar refractivity (Wildman–Crippen MR) is 111 cm³/mol. The fraction of sp³-hybridized carbons (Fsp3) is 0.0800. The van der Waals surface area contributed by atoms with Crippen LogP contribution >= 0.6 is 0 Å². The molecule has 0 unspecified atom stereocenters. The monoisotopic (exact) mass is 369 g/mol. The predicted octanol–water partition coefficient (Wildman–Crippen LogP) is 6.44. The van der Waals surface area contributed by atoms with E-state index in [0.29, 0.717) is 12.5 Å². The summed E-state index contributed by atoms with van der Waals surface area (Å²) in [6.07, 6.45) is 0. The number of hydrogen-bond donors (Lipinski definition) is 0. The molecule has 0 atom stereocenters. The highest BCUT2D eigenvalue weighted by Crippen LogP contribution is 2.33. The molecule has 4 aromatic rings. The summed E-state index contributed by atoms with van der Waals surface area (Å²) in [4.78, 5) is 4.77. The third kappa shape index (κ3) is 3.94. The third-order valence-corrected chi connectivity index (χ3v) is 4.67. The van der Waals surface area contributed by atoms with Crippen molar-refractivity contribution in [2.45, 2.75) is 13.5 Å². The van der Waals surface area contributed by atoms with Gasteiger partial charge < -0.3 is 4.74 Å². The maximum Gasteiger partial charge on any atom is 0.217 e. The molecule has 28 heavy (non-hydrogen) atoms. The first kappa shape index (κ1) is 17.9. The van der Waals surface area contributed by atoms with Crippen molar-refractivity contribution in [2.75, 3.05) is 0 Å². The largest absolute Gasteiger partial charge is 0.473 e. The summed E-state index contributed by atoms with van der Waals surface area (Å²) in [5, 5.41) is 0. The Morgan fingerprint density at radius 2 is 1.43 bits per heavy atom. The van der Waals surface area contributed by atoms with Gasteiger partial charge in [0.25, 0.3) is 0 Å². The van der Waals surface area contributed by atoms with Crippen LogP contribution in [0.25, 0.3) is 22.4 Å². The Morgan fingerprint density at radius 1 is 0.786 bits per heavy atom. The smallest absolute Gasteiger partial charge is 0.217 e. The highest BCUT2D eigenvalue weighted by Gasteiger charge is 2.13. The maximum atomic E-state index is 13.4. The third-order valence-electron chi connectivity index (χ3n) is 4.67. The molecule has 0 spiro atoms. The summed E-state index contributed by atoms with van der Waals surface area (Å²) in [5.74, 6) is 0.337. The zero-order valence-electron chi connectivity index (χ0n) is 15.6. The van der Waals surface area contributed by atoms with Crippen LogP contribution in [-0.2, 0) is 6.61 Å². The molecule has 0 bridgehead atoms. The molecule has 0 fully saturated rings. The summed E-state index contributed by atoms with van der Waals surface area (Å²) >= 11 is 0. The lowest BCUT2D eigenvalue weighted by atomic mass is 9.99. The van der Waals surface area contributed by atoms with Gasteiger partial charge in [-0.05, 0) is 41.8 Å². The van der Waals surface area contributed by atoms with E-state index in [9.17, 15) is 4.39 Å². The van der Waals surface area contributed by atoms with E-state index in [-0.39, 0.29) is 5.82 Å². The van der Waals surface area contributed by atoms with Gasteiger partial charge in [0.1, 0.15) is 12.4 Å². The second-order valence-corrected chi connectivity index (χ2v) is 6.63. The van der Waals surface area contributed by atoms with Crippen LogP contribution in [0, 0.1) is 12.7 Å². The Hall–Kier alpha value is -3.46. The van der Waals surface area contributed by atoms with E-state index in [2.05, 4.69) is 0 Å². The van der Waals surface area contributed by atoms with E-state index in [0.717, 1.165) is 33.5 Å². The second-order valence-electron chi connectivity index (χ2n) is 6.63. The minimum Gasteiger partial charge on any atom is -0.473 e.